The molecule has 0 heterocycles. The zero-order chi connectivity index (χ0) is 13.1. The van der Waals surface area contributed by atoms with E-state index >= 15 is 0 Å². The number of aryl methyl sites for hydroxylation is 1. The van der Waals surface area contributed by atoms with Crippen LogP contribution < -0.4 is 5.32 Å². The van der Waals surface area contributed by atoms with Crippen molar-refractivity contribution >= 4 is 5.69 Å². The summed E-state index contributed by atoms with van der Waals surface area (Å²) in [4.78, 5) is 0. The molecular formula is C15H15F2N. The third kappa shape index (κ3) is 2.67. The van der Waals surface area contributed by atoms with Gasteiger partial charge in [-0.3, -0.25) is 0 Å². The van der Waals surface area contributed by atoms with Crippen LogP contribution in [0.15, 0.2) is 42.5 Å². The lowest BCUT2D eigenvalue weighted by Gasteiger charge is -2.17. The molecule has 1 N–H and O–H groups in total. The largest absolute Gasteiger partial charge is 0.378 e. The summed E-state index contributed by atoms with van der Waals surface area (Å²) in [6.45, 7) is 3.71. The van der Waals surface area contributed by atoms with E-state index in [2.05, 4.69) is 5.32 Å². The molecule has 2 aromatic rings. The average Bonchev–Trinajstić information content (AvgIpc) is 2.28. The Labute approximate surface area is 105 Å². The molecule has 0 aromatic heterocycles. The fourth-order valence-corrected chi connectivity index (χ4v) is 1.98. The maximum Gasteiger partial charge on any atom is 0.131 e. The molecule has 0 spiro atoms. The summed E-state index contributed by atoms with van der Waals surface area (Å²) >= 11 is 0. The Morgan fingerprint density at radius 1 is 1.00 bits per heavy atom. The molecule has 0 aliphatic heterocycles. The van der Waals surface area contributed by atoms with Crippen molar-refractivity contribution in [3.8, 4) is 0 Å². The summed E-state index contributed by atoms with van der Waals surface area (Å²) in [7, 11) is 0. The standard InChI is InChI=1S/C15H15F2N/c1-10-5-3-6-12(9-10)18-11(2)15-13(16)7-4-8-14(15)17/h3-9,11,18H,1-2H3. The molecule has 94 valence electrons. The van der Waals surface area contributed by atoms with Crippen molar-refractivity contribution in [3.63, 3.8) is 0 Å². The number of halogens is 2. The molecular weight excluding hydrogens is 232 g/mol. The van der Waals surface area contributed by atoms with E-state index in [1.165, 1.54) is 18.2 Å². The monoisotopic (exact) mass is 247 g/mol. The lowest BCUT2D eigenvalue weighted by atomic mass is 10.1. The fraction of sp³-hybridized carbons (Fsp3) is 0.200. The second-order valence-electron chi connectivity index (χ2n) is 4.37. The van der Waals surface area contributed by atoms with Crippen LogP contribution in [-0.2, 0) is 0 Å². The quantitative estimate of drug-likeness (QED) is 0.845. The molecule has 0 radical (unpaired) electrons. The zero-order valence-corrected chi connectivity index (χ0v) is 10.4. The minimum atomic E-state index is -0.525. The maximum absolute atomic E-state index is 13.6. The van der Waals surface area contributed by atoms with Crippen LogP contribution in [0.4, 0.5) is 14.5 Å². The highest BCUT2D eigenvalue weighted by atomic mass is 19.1. The Morgan fingerprint density at radius 2 is 1.61 bits per heavy atom. The van der Waals surface area contributed by atoms with Crippen molar-refractivity contribution in [2.24, 2.45) is 0 Å². The molecule has 0 saturated heterocycles. The van der Waals surface area contributed by atoms with Crippen molar-refractivity contribution in [2.75, 3.05) is 5.32 Å². The normalized spacial score (nSPS) is 12.2. The van der Waals surface area contributed by atoms with Gasteiger partial charge in [-0.05, 0) is 43.7 Å². The van der Waals surface area contributed by atoms with E-state index < -0.39 is 17.7 Å². The van der Waals surface area contributed by atoms with E-state index in [-0.39, 0.29) is 5.56 Å². The molecule has 1 nitrogen and oxygen atoms in total. The molecule has 2 aromatic carbocycles. The molecule has 2 rings (SSSR count). The van der Waals surface area contributed by atoms with Crippen molar-refractivity contribution < 1.29 is 8.78 Å². The first kappa shape index (κ1) is 12.6. The summed E-state index contributed by atoms with van der Waals surface area (Å²) in [5.41, 5.74) is 2.02. The van der Waals surface area contributed by atoms with Crippen LogP contribution in [0.25, 0.3) is 0 Å². The molecule has 0 bridgehead atoms. The predicted octanol–water partition coefficient (Wildman–Crippen LogP) is 4.45. The predicted molar refractivity (Wildman–Crippen MR) is 69.6 cm³/mol. The number of hydrogen-bond donors (Lipinski definition) is 1. The number of benzene rings is 2. The van der Waals surface area contributed by atoms with Crippen LogP contribution in [-0.4, -0.2) is 0 Å². The molecule has 1 unspecified atom stereocenters. The van der Waals surface area contributed by atoms with Crippen molar-refractivity contribution in [3.05, 3.63) is 65.2 Å². The van der Waals surface area contributed by atoms with Gasteiger partial charge in [0.15, 0.2) is 0 Å². The SMILES string of the molecule is Cc1cccc(NC(C)c2c(F)cccc2F)c1. The van der Waals surface area contributed by atoms with E-state index in [4.69, 9.17) is 0 Å². The Bertz CT molecular complexity index is 532. The third-order valence-corrected chi connectivity index (χ3v) is 2.83. The highest BCUT2D eigenvalue weighted by Crippen LogP contribution is 2.24. The first-order valence-corrected chi connectivity index (χ1v) is 5.85. The third-order valence-electron chi connectivity index (χ3n) is 2.83. The Balaban J connectivity index is 2.25. The van der Waals surface area contributed by atoms with Gasteiger partial charge in [0.05, 0.1) is 6.04 Å². The van der Waals surface area contributed by atoms with Gasteiger partial charge in [-0.25, -0.2) is 8.78 Å². The van der Waals surface area contributed by atoms with Crippen LogP contribution in [0.5, 0.6) is 0 Å². The van der Waals surface area contributed by atoms with Crippen molar-refractivity contribution in [1.82, 2.24) is 0 Å². The minimum absolute atomic E-state index is 0.0685. The summed E-state index contributed by atoms with van der Waals surface area (Å²) in [5, 5.41) is 3.10. The molecule has 0 aliphatic carbocycles. The van der Waals surface area contributed by atoms with Crippen LogP contribution in [0.2, 0.25) is 0 Å². The Morgan fingerprint density at radius 3 is 2.22 bits per heavy atom. The highest BCUT2D eigenvalue weighted by Gasteiger charge is 2.15. The summed E-state index contributed by atoms with van der Waals surface area (Å²) in [6.07, 6.45) is 0. The van der Waals surface area contributed by atoms with Crippen molar-refractivity contribution in [2.45, 2.75) is 19.9 Å². The maximum atomic E-state index is 13.6. The smallest absolute Gasteiger partial charge is 0.131 e. The first-order valence-electron chi connectivity index (χ1n) is 5.85. The first-order chi connectivity index (χ1) is 8.58. The van der Waals surface area contributed by atoms with Gasteiger partial charge in [0.25, 0.3) is 0 Å². The van der Waals surface area contributed by atoms with Crippen LogP contribution in [0.3, 0.4) is 0 Å². The van der Waals surface area contributed by atoms with Gasteiger partial charge in [0, 0.05) is 11.3 Å². The highest BCUT2D eigenvalue weighted by molar-refractivity contribution is 5.47. The molecule has 18 heavy (non-hydrogen) atoms. The van der Waals surface area contributed by atoms with Gasteiger partial charge in [-0.1, -0.05) is 18.2 Å². The van der Waals surface area contributed by atoms with Gasteiger partial charge in [0.2, 0.25) is 0 Å². The average molecular weight is 247 g/mol. The van der Waals surface area contributed by atoms with Gasteiger partial charge >= 0.3 is 0 Å². The number of anilines is 1. The van der Waals surface area contributed by atoms with E-state index in [9.17, 15) is 8.78 Å². The molecule has 0 aliphatic rings. The fourth-order valence-electron chi connectivity index (χ4n) is 1.98. The van der Waals surface area contributed by atoms with E-state index in [1.54, 1.807) is 6.92 Å². The summed E-state index contributed by atoms with van der Waals surface area (Å²) < 4.78 is 27.2. The minimum Gasteiger partial charge on any atom is -0.378 e. The topological polar surface area (TPSA) is 12.0 Å². The molecule has 1 atom stereocenters. The van der Waals surface area contributed by atoms with E-state index in [0.29, 0.717) is 0 Å². The number of rotatable bonds is 3. The van der Waals surface area contributed by atoms with Crippen LogP contribution >= 0.6 is 0 Å². The number of hydrogen-bond acceptors (Lipinski definition) is 1. The van der Waals surface area contributed by atoms with Crippen molar-refractivity contribution in [1.29, 1.82) is 0 Å². The molecule has 3 heteroatoms. The van der Waals surface area contributed by atoms with Gasteiger partial charge in [0.1, 0.15) is 11.6 Å². The lowest BCUT2D eigenvalue weighted by Crippen LogP contribution is -2.10. The van der Waals surface area contributed by atoms with Gasteiger partial charge in [-0.15, -0.1) is 0 Å². The Kier molecular flexibility index (Phi) is 3.60. The van der Waals surface area contributed by atoms with Gasteiger partial charge < -0.3 is 5.32 Å². The Hall–Kier alpha value is -1.90. The summed E-state index contributed by atoms with van der Waals surface area (Å²) in [6, 6.07) is 11.2. The molecule has 0 amide bonds. The van der Waals surface area contributed by atoms with Crippen LogP contribution in [0.1, 0.15) is 24.1 Å². The second kappa shape index (κ2) is 5.17. The lowest BCUT2D eigenvalue weighted by molar-refractivity contribution is 0.544. The van der Waals surface area contributed by atoms with Gasteiger partial charge in [-0.2, -0.15) is 0 Å². The summed E-state index contributed by atoms with van der Waals surface area (Å²) in [5.74, 6) is -1.05. The van der Waals surface area contributed by atoms with E-state index in [0.717, 1.165) is 11.3 Å². The zero-order valence-electron chi connectivity index (χ0n) is 10.4. The number of nitrogens with one attached hydrogen (secondary N) is 1. The molecule has 0 fully saturated rings. The molecule has 0 saturated carbocycles. The second-order valence-corrected chi connectivity index (χ2v) is 4.37. The van der Waals surface area contributed by atoms with Crippen LogP contribution in [0, 0.1) is 18.6 Å². The van der Waals surface area contributed by atoms with E-state index in [1.807, 2.05) is 31.2 Å².